The first kappa shape index (κ1) is 13.8. The van der Waals surface area contributed by atoms with E-state index in [-0.39, 0.29) is 0 Å². The van der Waals surface area contributed by atoms with E-state index in [1.54, 1.807) is 6.07 Å². The van der Waals surface area contributed by atoms with Crippen LogP contribution in [0.5, 0.6) is 0 Å². The number of rotatable bonds is 2. The van der Waals surface area contributed by atoms with Crippen LogP contribution in [0.1, 0.15) is 0 Å². The van der Waals surface area contributed by atoms with Crippen molar-refractivity contribution in [3.05, 3.63) is 6.07 Å². The molecule has 0 aromatic carbocycles. The molecule has 0 N–H and O–H groups in total. The van der Waals surface area contributed by atoms with Gasteiger partial charge in [0, 0.05) is 0 Å². The van der Waals surface area contributed by atoms with Gasteiger partial charge in [0.15, 0.2) is 0 Å². The van der Waals surface area contributed by atoms with E-state index in [4.69, 9.17) is 23.6 Å². The number of aromatic nitrogens is 3. The molecule has 14 heavy (non-hydrogen) atoms. The lowest BCUT2D eigenvalue weighted by Gasteiger charge is -2.09. The van der Waals surface area contributed by atoms with Crippen molar-refractivity contribution in [1.82, 2.24) is 15.4 Å². The summed E-state index contributed by atoms with van der Waals surface area (Å²) in [5.41, 5.74) is 1.03. The van der Waals surface area contributed by atoms with E-state index < -0.39 is 8.88 Å². The van der Waals surface area contributed by atoms with Crippen molar-refractivity contribution < 1.29 is 0 Å². The van der Waals surface area contributed by atoms with Gasteiger partial charge >= 0.3 is 0 Å². The highest BCUT2D eigenvalue weighted by Crippen LogP contribution is 2.56. The van der Waals surface area contributed by atoms with Gasteiger partial charge < -0.3 is 0 Å². The standard InChI is InChI=1S/C3H5N3P2S6/c9-7(10,11)2-1-3(5-6-4-2)8(12,13)14/h1H,(H2,9,10,11)(H2,12,13,14). The Balaban J connectivity index is 3.29. The van der Waals surface area contributed by atoms with E-state index in [0.717, 1.165) is 0 Å². The molecule has 1 aromatic rings. The third kappa shape index (κ3) is 3.94. The molecule has 1 heterocycles. The van der Waals surface area contributed by atoms with Crippen LogP contribution in [-0.4, -0.2) is 15.4 Å². The summed E-state index contributed by atoms with van der Waals surface area (Å²) >= 11 is 26.8. The first-order valence-electron chi connectivity index (χ1n) is 3.04. The molecule has 0 saturated heterocycles. The zero-order valence-corrected chi connectivity index (χ0v) is 13.4. The summed E-state index contributed by atoms with van der Waals surface area (Å²) in [7, 11) is 0. The molecule has 0 amide bonds. The smallest absolute Gasteiger partial charge is 0.119 e. The lowest BCUT2D eigenvalue weighted by molar-refractivity contribution is 0.902. The van der Waals surface area contributed by atoms with E-state index >= 15 is 0 Å². The summed E-state index contributed by atoms with van der Waals surface area (Å²) in [4.78, 5) is 0. The Labute approximate surface area is 113 Å². The molecule has 0 aliphatic carbocycles. The van der Waals surface area contributed by atoms with Crippen LogP contribution in [0.3, 0.4) is 0 Å². The Morgan fingerprint density at radius 2 is 1.29 bits per heavy atom. The predicted octanol–water partition coefficient (Wildman–Crippen LogP) is 1.46. The maximum atomic E-state index is 5.07. The zero-order valence-electron chi connectivity index (χ0n) is 6.42. The SMILES string of the molecule is S=P(S)(S)c1cc(P(=S)(S)S)nnn1. The summed E-state index contributed by atoms with van der Waals surface area (Å²) < 4.78 is -4.40. The maximum Gasteiger partial charge on any atom is 0.119 e. The summed E-state index contributed by atoms with van der Waals surface area (Å²) in [5, 5.41) is 11.1. The van der Waals surface area contributed by atoms with Crippen molar-refractivity contribution in [3.8, 4) is 0 Å². The van der Waals surface area contributed by atoms with Crippen molar-refractivity contribution in [2.45, 2.75) is 0 Å². The monoisotopic (exact) mass is 337 g/mol. The number of hydrogen-bond acceptors (Lipinski definition) is 5. The quantitative estimate of drug-likeness (QED) is 0.486. The Morgan fingerprint density at radius 3 is 1.57 bits per heavy atom. The summed E-state index contributed by atoms with van der Waals surface area (Å²) in [6.45, 7) is 0. The molecule has 0 bridgehead atoms. The van der Waals surface area contributed by atoms with Crippen LogP contribution < -0.4 is 10.9 Å². The fraction of sp³-hybridized carbons (Fsp3) is 0. The largest absolute Gasteiger partial charge is 0.128 e. The lowest BCUT2D eigenvalue weighted by Crippen LogP contribution is -2.18. The van der Waals surface area contributed by atoms with E-state index in [0.29, 0.717) is 10.9 Å². The second kappa shape index (κ2) is 4.92. The molecule has 78 valence electrons. The third-order valence-corrected chi connectivity index (χ3v) is 6.36. The van der Waals surface area contributed by atoms with Crippen molar-refractivity contribution in [1.29, 1.82) is 0 Å². The van der Waals surface area contributed by atoms with E-state index in [1.807, 2.05) is 0 Å². The number of thiol groups is 4. The molecule has 1 aromatic heterocycles. The van der Waals surface area contributed by atoms with Crippen molar-refractivity contribution in [3.63, 3.8) is 0 Å². The summed E-state index contributed by atoms with van der Waals surface area (Å²) in [6, 6.07) is 1.63. The second-order valence-corrected chi connectivity index (χ2v) is 21.0. The van der Waals surface area contributed by atoms with Crippen LogP contribution in [0.4, 0.5) is 0 Å². The minimum absolute atomic E-state index is 0.515. The first-order valence-corrected chi connectivity index (χ1v) is 13.3. The highest BCUT2D eigenvalue weighted by molar-refractivity contribution is 8.95. The van der Waals surface area contributed by atoms with Gasteiger partial charge in [-0.05, 0) is 11.3 Å². The van der Waals surface area contributed by atoms with Gasteiger partial charge in [-0.25, -0.2) is 0 Å². The van der Waals surface area contributed by atoms with Gasteiger partial charge in [0.25, 0.3) is 0 Å². The molecule has 0 aliphatic heterocycles. The molecule has 0 radical (unpaired) electrons. The Morgan fingerprint density at radius 1 is 0.929 bits per heavy atom. The summed E-state index contributed by atoms with van der Waals surface area (Å²) in [6.07, 6.45) is 0. The van der Waals surface area contributed by atoms with Crippen molar-refractivity contribution >= 4 is 92.4 Å². The van der Waals surface area contributed by atoms with Gasteiger partial charge in [-0.2, -0.15) is 0 Å². The molecular formula is C3H5N3P2S6. The summed E-state index contributed by atoms with van der Waals surface area (Å²) in [5.74, 6) is 0. The van der Waals surface area contributed by atoms with Gasteiger partial charge in [0.1, 0.15) is 10.9 Å². The normalized spacial score (nSPS) is 12.9. The Bertz CT molecular complexity index is 398. The maximum absolute atomic E-state index is 5.07. The fourth-order valence-corrected chi connectivity index (χ4v) is 3.28. The van der Waals surface area contributed by atoms with Crippen molar-refractivity contribution in [2.24, 2.45) is 0 Å². The molecular weight excluding hydrogens is 332 g/mol. The average Bonchev–Trinajstić information content (AvgIpc) is 2.01. The molecule has 0 spiro atoms. The number of hydrogen-bond donors (Lipinski definition) is 4. The van der Waals surface area contributed by atoms with Crippen LogP contribution >= 0.6 is 57.9 Å². The Kier molecular flexibility index (Phi) is 4.84. The van der Waals surface area contributed by atoms with E-state index in [9.17, 15) is 0 Å². The topological polar surface area (TPSA) is 38.7 Å². The van der Waals surface area contributed by atoms with Crippen LogP contribution in [0.25, 0.3) is 0 Å². The highest BCUT2D eigenvalue weighted by atomic mass is 33.2. The highest BCUT2D eigenvalue weighted by Gasteiger charge is 2.17. The second-order valence-electron chi connectivity index (χ2n) is 2.24. The molecule has 0 atom stereocenters. The van der Waals surface area contributed by atoms with Crippen molar-refractivity contribution in [2.75, 3.05) is 0 Å². The molecule has 11 heteroatoms. The van der Waals surface area contributed by atoms with E-state index in [2.05, 4.69) is 64.4 Å². The predicted molar refractivity (Wildman–Crippen MR) is 83.6 cm³/mol. The van der Waals surface area contributed by atoms with Gasteiger partial charge in [-0.3, -0.25) is 0 Å². The first-order chi connectivity index (χ1) is 6.21. The van der Waals surface area contributed by atoms with Gasteiger partial charge in [0.2, 0.25) is 0 Å². The minimum atomic E-state index is -2.20. The lowest BCUT2D eigenvalue weighted by atomic mass is 10.7. The van der Waals surface area contributed by atoms with Crippen LogP contribution in [-0.2, 0) is 23.6 Å². The van der Waals surface area contributed by atoms with E-state index in [1.165, 1.54) is 0 Å². The average molecular weight is 337 g/mol. The fourth-order valence-electron chi connectivity index (χ4n) is 0.572. The minimum Gasteiger partial charge on any atom is -0.128 e. The Hall–Kier alpha value is 1.71. The van der Waals surface area contributed by atoms with Gasteiger partial charge in [0.05, 0.1) is 8.88 Å². The van der Waals surface area contributed by atoms with Gasteiger partial charge in [-0.15, -0.1) is 59.2 Å². The van der Waals surface area contributed by atoms with Crippen LogP contribution in [0.2, 0.25) is 0 Å². The molecule has 0 unspecified atom stereocenters. The van der Waals surface area contributed by atoms with Crippen LogP contribution in [0, 0.1) is 0 Å². The molecule has 0 aliphatic rings. The third-order valence-electron chi connectivity index (χ3n) is 1.15. The zero-order chi connectivity index (χ0) is 11.0. The number of nitrogens with zero attached hydrogens (tertiary/aromatic N) is 3. The molecule has 1 rings (SSSR count). The van der Waals surface area contributed by atoms with Crippen LogP contribution in [0.15, 0.2) is 6.07 Å². The molecule has 3 nitrogen and oxygen atoms in total. The van der Waals surface area contributed by atoms with Gasteiger partial charge in [-0.1, -0.05) is 23.6 Å². The molecule has 0 fully saturated rings. The molecule has 0 saturated carbocycles.